The summed E-state index contributed by atoms with van der Waals surface area (Å²) in [5.74, 6) is 1.50. The minimum Gasteiger partial charge on any atom is -0.490 e. The van der Waals surface area contributed by atoms with Crippen molar-refractivity contribution in [2.45, 2.75) is 25.8 Å². The Morgan fingerprint density at radius 3 is 2.88 bits per heavy atom. The lowest BCUT2D eigenvalue weighted by atomic mass is 10.1. The first-order valence-corrected chi connectivity index (χ1v) is 8.53. The van der Waals surface area contributed by atoms with Crippen molar-refractivity contribution < 1.29 is 14.3 Å². The van der Waals surface area contributed by atoms with Crippen molar-refractivity contribution in [1.82, 2.24) is 20.4 Å². The second kappa shape index (κ2) is 7.92. The number of amides is 2. The van der Waals surface area contributed by atoms with Crippen molar-refractivity contribution in [2.24, 2.45) is 7.05 Å². The van der Waals surface area contributed by atoms with Gasteiger partial charge in [-0.1, -0.05) is 6.07 Å². The highest BCUT2D eigenvalue weighted by Gasteiger charge is 2.15. The van der Waals surface area contributed by atoms with Crippen molar-refractivity contribution in [2.75, 3.05) is 19.8 Å². The molecule has 1 aromatic carbocycles. The molecule has 1 atom stereocenters. The van der Waals surface area contributed by atoms with Gasteiger partial charge in [0.05, 0.1) is 25.5 Å². The number of hydrogen-bond donors (Lipinski definition) is 2. The Morgan fingerprint density at radius 1 is 1.32 bits per heavy atom. The number of nitrogens with one attached hydrogen (secondary N) is 2. The van der Waals surface area contributed by atoms with Crippen molar-refractivity contribution in [1.29, 1.82) is 0 Å². The van der Waals surface area contributed by atoms with Crippen LogP contribution >= 0.6 is 0 Å². The molecule has 134 valence electrons. The second-order valence-corrected chi connectivity index (χ2v) is 6.15. The summed E-state index contributed by atoms with van der Waals surface area (Å²) in [5.41, 5.74) is 2.07. The maximum atomic E-state index is 12.1. The van der Waals surface area contributed by atoms with Crippen LogP contribution in [-0.4, -0.2) is 35.6 Å². The van der Waals surface area contributed by atoms with Gasteiger partial charge in [-0.25, -0.2) is 4.79 Å². The average Bonchev–Trinajstić information content (AvgIpc) is 2.87. The summed E-state index contributed by atoms with van der Waals surface area (Å²) >= 11 is 0. The summed E-state index contributed by atoms with van der Waals surface area (Å²) < 4.78 is 13.1. The number of nitrogens with zero attached hydrogens (tertiary/aromatic N) is 2. The molecule has 1 aliphatic heterocycles. The minimum atomic E-state index is -0.191. The average molecular weight is 344 g/mol. The molecule has 2 N–H and O–H groups in total. The molecule has 0 aliphatic carbocycles. The third kappa shape index (κ3) is 4.65. The van der Waals surface area contributed by atoms with E-state index in [-0.39, 0.29) is 12.1 Å². The predicted molar refractivity (Wildman–Crippen MR) is 93.9 cm³/mol. The second-order valence-electron chi connectivity index (χ2n) is 6.15. The summed E-state index contributed by atoms with van der Waals surface area (Å²) in [6.45, 7) is 3.82. The quantitative estimate of drug-likeness (QED) is 0.872. The van der Waals surface area contributed by atoms with E-state index in [0.717, 1.165) is 35.5 Å². The Kier molecular flexibility index (Phi) is 5.42. The standard InChI is InChI=1S/C18H24N4O3/c1-13(15-4-5-16-17(10-15)25-9-3-8-24-16)21-18(23)19-7-6-14-11-20-22(2)12-14/h4-5,10-13H,3,6-9H2,1-2H3,(H2,19,21,23)/t13-/m1/s1. The van der Waals surface area contributed by atoms with E-state index in [2.05, 4.69) is 15.7 Å². The van der Waals surface area contributed by atoms with Crippen molar-refractivity contribution in [3.05, 3.63) is 41.7 Å². The Labute approximate surface area is 147 Å². The number of carbonyl (C=O) groups is 1. The SMILES string of the molecule is C[C@@H](NC(=O)NCCc1cnn(C)c1)c1ccc2c(c1)OCCCO2. The molecular formula is C18H24N4O3. The summed E-state index contributed by atoms with van der Waals surface area (Å²) in [6, 6.07) is 5.46. The highest BCUT2D eigenvalue weighted by Crippen LogP contribution is 2.32. The molecule has 7 nitrogen and oxygen atoms in total. The fraction of sp³-hybridized carbons (Fsp3) is 0.444. The smallest absolute Gasteiger partial charge is 0.315 e. The van der Waals surface area contributed by atoms with Crippen LogP contribution < -0.4 is 20.1 Å². The van der Waals surface area contributed by atoms with Crippen molar-refractivity contribution in [3.63, 3.8) is 0 Å². The zero-order valence-electron chi connectivity index (χ0n) is 14.6. The molecule has 1 aliphatic rings. The monoisotopic (exact) mass is 344 g/mol. The van der Waals surface area contributed by atoms with Gasteiger partial charge in [-0.2, -0.15) is 5.10 Å². The highest BCUT2D eigenvalue weighted by atomic mass is 16.5. The molecule has 2 amide bonds. The fourth-order valence-corrected chi connectivity index (χ4v) is 2.70. The van der Waals surface area contributed by atoms with Crippen LogP contribution in [0.5, 0.6) is 11.5 Å². The van der Waals surface area contributed by atoms with Gasteiger partial charge in [0.25, 0.3) is 0 Å². The molecular weight excluding hydrogens is 320 g/mol. The summed E-state index contributed by atoms with van der Waals surface area (Å²) in [4.78, 5) is 12.1. The van der Waals surface area contributed by atoms with Gasteiger partial charge in [0.2, 0.25) is 0 Å². The van der Waals surface area contributed by atoms with Crippen molar-refractivity contribution >= 4 is 6.03 Å². The van der Waals surface area contributed by atoms with E-state index >= 15 is 0 Å². The van der Waals surface area contributed by atoms with Gasteiger partial charge in [0.15, 0.2) is 11.5 Å². The number of benzene rings is 1. The Hall–Kier alpha value is -2.70. The van der Waals surface area contributed by atoms with Crippen LogP contribution in [0.2, 0.25) is 0 Å². The zero-order chi connectivity index (χ0) is 17.6. The lowest BCUT2D eigenvalue weighted by Gasteiger charge is -2.17. The Morgan fingerprint density at radius 2 is 2.12 bits per heavy atom. The molecule has 0 saturated carbocycles. The van der Waals surface area contributed by atoms with Gasteiger partial charge < -0.3 is 20.1 Å². The normalized spacial score (nSPS) is 14.5. The first kappa shape index (κ1) is 17.1. The number of rotatable bonds is 5. The molecule has 0 saturated heterocycles. The van der Waals surface area contributed by atoms with E-state index in [0.29, 0.717) is 19.8 Å². The van der Waals surface area contributed by atoms with Crippen LogP contribution in [0.4, 0.5) is 4.79 Å². The van der Waals surface area contributed by atoms with Gasteiger partial charge in [-0.05, 0) is 36.6 Å². The third-order valence-electron chi connectivity index (χ3n) is 4.08. The lowest BCUT2D eigenvalue weighted by molar-refractivity contribution is 0.238. The topological polar surface area (TPSA) is 77.4 Å². The van der Waals surface area contributed by atoms with E-state index < -0.39 is 0 Å². The van der Waals surface area contributed by atoms with Crippen molar-refractivity contribution in [3.8, 4) is 11.5 Å². The zero-order valence-corrected chi connectivity index (χ0v) is 14.6. The van der Waals surface area contributed by atoms with Gasteiger partial charge >= 0.3 is 6.03 Å². The van der Waals surface area contributed by atoms with Crippen LogP contribution in [0, 0.1) is 0 Å². The van der Waals surface area contributed by atoms with E-state index in [9.17, 15) is 4.79 Å². The van der Waals surface area contributed by atoms with Crippen LogP contribution in [0.3, 0.4) is 0 Å². The maximum absolute atomic E-state index is 12.1. The number of urea groups is 1. The van der Waals surface area contributed by atoms with Gasteiger partial charge in [0, 0.05) is 26.2 Å². The molecule has 0 spiro atoms. The molecule has 2 heterocycles. The third-order valence-corrected chi connectivity index (χ3v) is 4.08. The largest absolute Gasteiger partial charge is 0.490 e. The number of fused-ring (bicyclic) bond motifs is 1. The summed E-state index contributed by atoms with van der Waals surface area (Å²) in [5, 5.41) is 9.92. The first-order valence-electron chi connectivity index (χ1n) is 8.53. The Balaban J connectivity index is 1.50. The van der Waals surface area contributed by atoms with Gasteiger partial charge in [-0.3, -0.25) is 4.68 Å². The number of aromatic nitrogens is 2. The highest BCUT2D eigenvalue weighted by molar-refractivity contribution is 5.74. The molecule has 7 heteroatoms. The predicted octanol–water partition coefficient (Wildman–Crippen LogP) is 2.18. The molecule has 25 heavy (non-hydrogen) atoms. The fourth-order valence-electron chi connectivity index (χ4n) is 2.70. The first-order chi connectivity index (χ1) is 12.1. The van der Waals surface area contributed by atoms with E-state index in [1.54, 1.807) is 10.9 Å². The van der Waals surface area contributed by atoms with Crippen LogP contribution in [0.1, 0.15) is 30.5 Å². The lowest BCUT2D eigenvalue weighted by Crippen LogP contribution is -2.38. The maximum Gasteiger partial charge on any atom is 0.315 e. The number of carbonyl (C=O) groups excluding carboxylic acids is 1. The van der Waals surface area contributed by atoms with Gasteiger partial charge in [-0.15, -0.1) is 0 Å². The molecule has 0 unspecified atom stereocenters. The molecule has 1 aromatic heterocycles. The van der Waals surface area contributed by atoms with E-state index in [4.69, 9.17) is 9.47 Å². The molecule has 3 rings (SSSR count). The van der Waals surface area contributed by atoms with E-state index in [1.807, 2.05) is 38.4 Å². The van der Waals surface area contributed by atoms with Crippen LogP contribution in [0.15, 0.2) is 30.6 Å². The molecule has 0 bridgehead atoms. The number of aryl methyl sites for hydroxylation is 1. The van der Waals surface area contributed by atoms with Crippen LogP contribution in [0.25, 0.3) is 0 Å². The minimum absolute atomic E-state index is 0.129. The van der Waals surface area contributed by atoms with E-state index in [1.165, 1.54) is 0 Å². The summed E-state index contributed by atoms with van der Waals surface area (Å²) in [6.07, 6.45) is 5.37. The molecule has 2 aromatic rings. The molecule has 0 radical (unpaired) electrons. The number of hydrogen-bond acceptors (Lipinski definition) is 4. The van der Waals surface area contributed by atoms with Crippen LogP contribution in [-0.2, 0) is 13.5 Å². The summed E-state index contributed by atoms with van der Waals surface area (Å²) in [7, 11) is 1.88. The molecule has 0 fully saturated rings. The Bertz CT molecular complexity index is 729. The van der Waals surface area contributed by atoms with Gasteiger partial charge in [0.1, 0.15) is 0 Å². The number of ether oxygens (including phenoxy) is 2.